The van der Waals surface area contributed by atoms with Gasteiger partial charge in [-0.3, -0.25) is 39.2 Å². The minimum Gasteiger partial charge on any atom is -0.474 e. The molecule has 0 bridgehead atoms. The molecule has 16 heteroatoms. The third kappa shape index (κ3) is 7.57. The fourth-order valence-corrected chi connectivity index (χ4v) is 9.05. The number of hydrogen-bond acceptors (Lipinski definition) is 14. The molecule has 61 heavy (non-hydrogen) atoms. The van der Waals surface area contributed by atoms with Crippen LogP contribution in [0.1, 0.15) is 39.1 Å². The van der Waals surface area contributed by atoms with E-state index in [4.69, 9.17) is 9.72 Å². The van der Waals surface area contributed by atoms with Gasteiger partial charge in [0.2, 0.25) is 23.6 Å². The number of nitrogens with zero attached hydrogens (tertiary/aromatic N) is 8. The lowest BCUT2D eigenvalue weighted by Gasteiger charge is -2.39. The van der Waals surface area contributed by atoms with Crippen molar-refractivity contribution in [3.8, 4) is 17.0 Å². The number of carbonyl (C=O) groups excluding carboxylic acids is 4. The van der Waals surface area contributed by atoms with Crippen molar-refractivity contribution in [1.82, 2.24) is 35.0 Å². The van der Waals surface area contributed by atoms with Crippen LogP contribution in [0.2, 0.25) is 0 Å². The third-order valence-electron chi connectivity index (χ3n) is 12.6. The lowest BCUT2D eigenvalue weighted by molar-refractivity contribution is -0.136. The minimum atomic E-state index is -0.965. The molecule has 312 valence electrons. The zero-order valence-electron chi connectivity index (χ0n) is 34.0. The number of aromatic nitrogens is 3. The van der Waals surface area contributed by atoms with Gasteiger partial charge in [-0.05, 0) is 73.0 Å². The molecule has 4 amide bonds. The van der Waals surface area contributed by atoms with Gasteiger partial charge in [0.1, 0.15) is 18.3 Å². The van der Waals surface area contributed by atoms with Crippen molar-refractivity contribution in [2.24, 2.45) is 0 Å². The molecule has 1 atom stereocenters. The van der Waals surface area contributed by atoms with Gasteiger partial charge in [-0.15, -0.1) is 0 Å². The summed E-state index contributed by atoms with van der Waals surface area (Å²) in [6, 6.07) is 19.1. The number of carbonyl (C=O) groups is 4. The molecule has 3 fully saturated rings. The van der Waals surface area contributed by atoms with Gasteiger partial charge in [-0.2, -0.15) is 0 Å². The van der Waals surface area contributed by atoms with E-state index in [1.54, 1.807) is 12.1 Å². The van der Waals surface area contributed by atoms with Crippen LogP contribution in [0.3, 0.4) is 0 Å². The average Bonchev–Trinajstić information content (AvgIpc) is 3.54. The van der Waals surface area contributed by atoms with Gasteiger partial charge < -0.3 is 25.2 Å². The van der Waals surface area contributed by atoms with Crippen molar-refractivity contribution >= 4 is 63.2 Å². The number of pyridine rings is 1. The van der Waals surface area contributed by atoms with E-state index in [1.165, 1.54) is 5.69 Å². The highest BCUT2D eigenvalue weighted by Crippen LogP contribution is 2.36. The molecule has 3 aromatic carbocycles. The van der Waals surface area contributed by atoms with Crippen molar-refractivity contribution in [2.45, 2.75) is 25.8 Å². The standard InChI is InChI=1S/C45H47N11O5/c1-28-36(27-47-42-40(28)46-12-23-61-42)29-2-3-30-26-48-45(50-37(30)24-29)49-31-4-6-32(7-5-31)54-19-15-52(16-20-54)13-14-53-17-21-55(22-18-53)33-8-9-34-35(25-33)44(60)56(43(34)59)38-10-11-39(57)51-41(38)58/h2-9,24-27,38,46H,10-23H2,1H3,(H,48,49,50)(H,51,57,58). The number of rotatable bonds is 9. The molecule has 1 unspecified atom stereocenters. The SMILES string of the molecule is Cc1c(-c2ccc3cnc(Nc4ccc(N5CCN(CCN6CCN(c7ccc8c(c7)C(=O)N(C7CCC(=O)NC7=O)C8=O)CC6)CC5)cc4)nc3c2)cnc2c1NCCO2. The molecule has 0 radical (unpaired) electrons. The van der Waals surface area contributed by atoms with Crippen molar-refractivity contribution < 1.29 is 23.9 Å². The number of piperazine rings is 2. The predicted molar refractivity (Wildman–Crippen MR) is 232 cm³/mol. The average molecular weight is 822 g/mol. The summed E-state index contributed by atoms with van der Waals surface area (Å²) in [5.41, 5.74) is 8.61. The largest absolute Gasteiger partial charge is 0.474 e. The molecule has 3 N–H and O–H groups in total. The van der Waals surface area contributed by atoms with Gasteiger partial charge in [0.15, 0.2) is 0 Å². The summed E-state index contributed by atoms with van der Waals surface area (Å²) in [7, 11) is 0. The second-order valence-corrected chi connectivity index (χ2v) is 16.2. The first kappa shape index (κ1) is 38.5. The zero-order chi connectivity index (χ0) is 41.6. The van der Waals surface area contributed by atoms with Crippen molar-refractivity contribution in [2.75, 3.05) is 99.0 Å². The van der Waals surface area contributed by atoms with Crippen molar-refractivity contribution in [1.29, 1.82) is 0 Å². The molecule has 0 aliphatic carbocycles. The van der Waals surface area contributed by atoms with Crippen LogP contribution < -0.4 is 30.5 Å². The van der Waals surface area contributed by atoms with Crippen LogP contribution in [0.25, 0.3) is 22.0 Å². The Morgan fingerprint density at radius 2 is 1.46 bits per heavy atom. The van der Waals surface area contributed by atoms with Gasteiger partial charge in [0.25, 0.3) is 11.8 Å². The molecular weight excluding hydrogens is 775 g/mol. The van der Waals surface area contributed by atoms with E-state index in [0.29, 0.717) is 29.6 Å². The van der Waals surface area contributed by atoms with E-state index in [-0.39, 0.29) is 18.7 Å². The first-order valence-corrected chi connectivity index (χ1v) is 21.1. The number of anilines is 5. The first-order chi connectivity index (χ1) is 29.8. The number of benzene rings is 3. The second-order valence-electron chi connectivity index (χ2n) is 16.2. The molecule has 5 aliphatic heterocycles. The Kier molecular flexibility index (Phi) is 10.2. The topological polar surface area (TPSA) is 168 Å². The van der Waals surface area contributed by atoms with Crippen LogP contribution in [-0.4, -0.2) is 138 Å². The van der Waals surface area contributed by atoms with Crippen molar-refractivity contribution in [3.63, 3.8) is 0 Å². The minimum absolute atomic E-state index is 0.0985. The van der Waals surface area contributed by atoms with E-state index in [0.717, 1.165) is 122 Å². The number of hydrogen-bond donors (Lipinski definition) is 3. The summed E-state index contributed by atoms with van der Waals surface area (Å²) >= 11 is 0. The summed E-state index contributed by atoms with van der Waals surface area (Å²) in [5.74, 6) is -0.751. The molecule has 16 nitrogen and oxygen atoms in total. The number of piperidine rings is 1. The predicted octanol–water partition coefficient (Wildman–Crippen LogP) is 3.89. The van der Waals surface area contributed by atoms with Crippen LogP contribution in [0.15, 0.2) is 73.1 Å². The van der Waals surface area contributed by atoms with Crippen LogP contribution >= 0.6 is 0 Å². The fourth-order valence-electron chi connectivity index (χ4n) is 9.05. The highest BCUT2D eigenvalue weighted by molar-refractivity contribution is 6.23. The Hall–Kier alpha value is -6.65. The number of ether oxygens (including phenoxy) is 1. The maximum atomic E-state index is 13.3. The highest BCUT2D eigenvalue weighted by atomic mass is 16.5. The lowest BCUT2D eigenvalue weighted by Crippen LogP contribution is -2.54. The van der Waals surface area contributed by atoms with Crippen LogP contribution in [0.4, 0.5) is 28.7 Å². The molecule has 0 saturated carbocycles. The summed E-state index contributed by atoms with van der Waals surface area (Å²) < 4.78 is 5.72. The molecule has 2 aromatic heterocycles. The van der Waals surface area contributed by atoms with Gasteiger partial charge in [-0.25, -0.2) is 15.0 Å². The Morgan fingerprint density at radius 3 is 2.20 bits per heavy atom. The van der Waals surface area contributed by atoms with E-state index < -0.39 is 23.8 Å². The second kappa shape index (κ2) is 16.1. The van der Waals surface area contributed by atoms with E-state index >= 15 is 0 Å². The number of fused-ring (bicyclic) bond motifs is 3. The first-order valence-electron chi connectivity index (χ1n) is 21.1. The van der Waals surface area contributed by atoms with E-state index in [1.807, 2.05) is 24.5 Å². The number of imide groups is 2. The normalized spacial score (nSPS) is 19.7. The van der Waals surface area contributed by atoms with Crippen LogP contribution in [0.5, 0.6) is 5.88 Å². The Balaban J connectivity index is 0.686. The molecular formula is C45H47N11O5. The van der Waals surface area contributed by atoms with Gasteiger partial charge >= 0.3 is 0 Å². The van der Waals surface area contributed by atoms with Crippen molar-refractivity contribution in [3.05, 3.63) is 89.7 Å². The quantitative estimate of drug-likeness (QED) is 0.183. The zero-order valence-corrected chi connectivity index (χ0v) is 34.0. The summed E-state index contributed by atoms with van der Waals surface area (Å²) in [6.45, 7) is 12.8. The Bertz CT molecular complexity index is 2550. The van der Waals surface area contributed by atoms with Crippen LogP contribution in [0, 0.1) is 6.92 Å². The fraction of sp³-hybridized carbons (Fsp3) is 0.356. The van der Waals surface area contributed by atoms with E-state index in [2.05, 4.69) is 88.8 Å². The molecule has 5 aromatic rings. The smallest absolute Gasteiger partial charge is 0.262 e. The highest BCUT2D eigenvalue weighted by Gasteiger charge is 2.45. The van der Waals surface area contributed by atoms with Gasteiger partial charge in [-0.1, -0.05) is 12.1 Å². The maximum Gasteiger partial charge on any atom is 0.262 e. The lowest BCUT2D eigenvalue weighted by atomic mass is 10.00. The monoisotopic (exact) mass is 821 g/mol. The van der Waals surface area contributed by atoms with Gasteiger partial charge in [0.05, 0.1) is 16.6 Å². The summed E-state index contributed by atoms with van der Waals surface area (Å²) in [4.78, 5) is 75.2. The van der Waals surface area contributed by atoms with Gasteiger partial charge in [0, 0.05) is 119 Å². The number of nitrogens with one attached hydrogen (secondary N) is 3. The summed E-state index contributed by atoms with van der Waals surface area (Å²) in [6.07, 6.45) is 3.96. The molecule has 10 rings (SSSR count). The Morgan fingerprint density at radius 1 is 0.754 bits per heavy atom. The molecule has 3 saturated heterocycles. The van der Waals surface area contributed by atoms with E-state index in [9.17, 15) is 19.2 Å². The Labute approximate surface area is 352 Å². The summed E-state index contributed by atoms with van der Waals surface area (Å²) in [5, 5.41) is 10.0. The third-order valence-corrected chi connectivity index (χ3v) is 12.6. The maximum absolute atomic E-state index is 13.3. The molecule has 5 aliphatic rings. The van der Waals surface area contributed by atoms with Crippen LogP contribution in [-0.2, 0) is 9.59 Å². The molecule has 7 heterocycles. The number of amides is 4. The molecule has 0 spiro atoms.